The van der Waals surface area contributed by atoms with Crippen molar-refractivity contribution in [3.05, 3.63) is 54.0 Å². The van der Waals surface area contributed by atoms with Crippen LogP contribution in [-0.2, 0) is 11.4 Å². The first kappa shape index (κ1) is 16.9. The molecule has 3 rings (SSSR count). The van der Waals surface area contributed by atoms with Crippen LogP contribution in [0.5, 0.6) is 5.88 Å². The molecule has 0 aliphatic carbocycles. The van der Waals surface area contributed by atoms with Crippen molar-refractivity contribution in [2.24, 2.45) is 17.6 Å². The van der Waals surface area contributed by atoms with Gasteiger partial charge in [0.05, 0.1) is 18.3 Å². The van der Waals surface area contributed by atoms with Gasteiger partial charge in [0.15, 0.2) is 0 Å². The summed E-state index contributed by atoms with van der Waals surface area (Å²) >= 11 is 0. The van der Waals surface area contributed by atoms with E-state index in [1.807, 2.05) is 37.3 Å². The lowest BCUT2D eigenvalue weighted by atomic mass is 9.98. The molecule has 7 heteroatoms. The maximum Gasteiger partial charge on any atom is 0.274 e. The summed E-state index contributed by atoms with van der Waals surface area (Å²) in [6.07, 6.45) is 2.83. The number of carbonyl (C=O) groups excluding carboxylic acids is 2. The predicted molar refractivity (Wildman–Crippen MR) is 90.6 cm³/mol. The summed E-state index contributed by atoms with van der Waals surface area (Å²) in [5.74, 6) is -0.547. The van der Waals surface area contributed by atoms with Crippen molar-refractivity contribution in [1.82, 2.24) is 14.9 Å². The van der Waals surface area contributed by atoms with Crippen LogP contribution < -0.4 is 10.5 Å². The number of nitrogens with two attached hydrogens (primary N) is 1. The molecule has 130 valence electrons. The average Bonchev–Trinajstić information content (AvgIpc) is 3.03. The van der Waals surface area contributed by atoms with E-state index in [9.17, 15) is 9.59 Å². The molecule has 1 aliphatic heterocycles. The zero-order chi connectivity index (χ0) is 17.8. The predicted octanol–water partition coefficient (Wildman–Crippen LogP) is 1.25. The summed E-state index contributed by atoms with van der Waals surface area (Å²) < 4.78 is 5.56. The lowest BCUT2D eigenvalue weighted by Crippen LogP contribution is -2.32. The topological polar surface area (TPSA) is 98.4 Å². The van der Waals surface area contributed by atoms with Gasteiger partial charge in [-0.1, -0.05) is 37.3 Å². The highest BCUT2D eigenvalue weighted by atomic mass is 16.5. The van der Waals surface area contributed by atoms with Gasteiger partial charge in [-0.3, -0.25) is 9.59 Å². The first-order valence-electron chi connectivity index (χ1n) is 8.12. The molecule has 2 aromatic rings. The van der Waals surface area contributed by atoms with E-state index in [0.29, 0.717) is 25.6 Å². The molecule has 2 N–H and O–H groups in total. The minimum Gasteiger partial charge on any atom is -0.472 e. The number of likely N-dealkylation sites (tertiary alicyclic amines) is 1. The minimum atomic E-state index is -0.376. The Balaban J connectivity index is 1.60. The van der Waals surface area contributed by atoms with Crippen molar-refractivity contribution in [3.8, 4) is 5.88 Å². The first-order chi connectivity index (χ1) is 12.0. The van der Waals surface area contributed by atoms with Gasteiger partial charge in [0.2, 0.25) is 11.8 Å². The number of amides is 2. The average molecular weight is 340 g/mol. The molecule has 25 heavy (non-hydrogen) atoms. The quantitative estimate of drug-likeness (QED) is 0.883. The van der Waals surface area contributed by atoms with Crippen LogP contribution in [0, 0.1) is 11.8 Å². The van der Waals surface area contributed by atoms with E-state index < -0.39 is 0 Å². The number of hydrogen-bond donors (Lipinski definition) is 1. The smallest absolute Gasteiger partial charge is 0.274 e. The molecule has 2 heterocycles. The molecule has 1 aromatic carbocycles. The fraction of sp³-hybridized carbons (Fsp3) is 0.333. The normalized spacial score (nSPS) is 19.6. The number of primary amides is 1. The van der Waals surface area contributed by atoms with Gasteiger partial charge in [-0.05, 0) is 11.5 Å². The summed E-state index contributed by atoms with van der Waals surface area (Å²) in [7, 11) is 0. The van der Waals surface area contributed by atoms with E-state index in [2.05, 4.69) is 9.97 Å². The van der Waals surface area contributed by atoms with Crippen molar-refractivity contribution in [2.45, 2.75) is 13.5 Å². The van der Waals surface area contributed by atoms with Gasteiger partial charge in [-0.15, -0.1) is 0 Å². The van der Waals surface area contributed by atoms with Gasteiger partial charge in [-0.2, -0.15) is 0 Å². The summed E-state index contributed by atoms with van der Waals surface area (Å²) in [5, 5.41) is 0. The summed E-state index contributed by atoms with van der Waals surface area (Å²) in [5.41, 5.74) is 6.62. The Kier molecular flexibility index (Phi) is 4.92. The van der Waals surface area contributed by atoms with Crippen LogP contribution in [0.15, 0.2) is 42.7 Å². The van der Waals surface area contributed by atoms with Crippen LogP contribution >= 0.6 is 0 Å². The molecule has 2 atom stereocenters. The van der Waals surface area contributed by atoms with E-state index in [0.717, 1.165) is 5.56 Å². The summed E-state index contributed by atoms with van der Waals surface area (Å²) in [6.45, 7) is 3.10. The Bertz CT molecular complexity index is 749. The van der Waals surface area contributed by atoms with Gasteiger partial charge < -0.3 is 15.4 Å². The number of nitrogens with zero attached hydrogens (tertiary/aromatic N) is 3. The molecule has 1 fully saturated rings. The number of hydrogen-bond acceptors (Lipinski definition) is 5. The maximum absolute atomic E-state index is 12.5. The van der Waals surface area contributed by atoms with Crippen molar-refractivity contribution < 1.29 is 14.3 Å². The molecular weight excluding hydrogens is 320 g/mol. The molecule has 1 aromatic heterocycles. The first-order valence-corrected chi connectivity index (χ1v) is 8.12. The minimum absolute atomic E-state index is 0.0443. The highest BCUT2D eigenvalue weighted by molar-refractivity contribution is 5.93. The SMILES string of the molecule is C[C@@H]1CN(C(=O)c2cnc(OCc3ccccc3)cn2)C[C@H]1C(N)=O. The number of carbonyl (C=O) groups is 2. The van der Waals surface area contributed by atoms with Crippen molar-refractivity contribution in [3.63, 3.8) is 0 Å². The van der Waals surface area contributed by atoms with E-state index in [4.69, 9.17) is 10.5 Å². The molecule has 1 saturated heterocycles. The second-order valence-corrected chi connectivity index (χ2v) is 6.21. The number of ether oxygens (including phenoxy) is 1. The lowest BCUT2D eigenvalue weighted by Gasteiger charge is -2.15. The fourth-order valence-electron chi connectivity index (χ4n) is 2.90. The van der Waals surface area contributed by atoms with Crippen molar-refractivity contribution in [2.75, 3.05) is 13.1 Å². The Morgan fingerprint density at radius 1 is 1.20 bits per heavy atom. The lowest BCUT2D eigenvalue weighted by molar-refractivity contribution is -0.122. The highest BCUT2D eigenvalue weighted by Crippen LogP contribution is 2.23. The molecular formula is C18H20N4O3. The van der Waals surface area contributed by atoms with E-state index >= 15 is 0 Å². The van der Waals surface area contributed by atoms with Crippen LogP contribution in [0.3, 0.4) is 0 Å². The Labute approximate surface area is 145 Å². The number of rotatable bonds is 5. The summed E-state index contributed by atoms with van der Waals surface area (Å²) in [6, 6.07) is 9.71. The third kappa shape index (κ3) is 3.93. The van der Waals surface area contributed by atoms with Crippen LogP contribution in [0.2, 0.25) is 0 Å². The molecule has 0 bridgehead atoms. The third-order valence-corrected chi connectivity index (χ3v) is 4.34. The van der Waals surface area contributed by atoms with E-state index in [-0.39, 0.29) is 29.3 Å². The molecule has 0 radical (unpaired) electrons. The van der Waals surface area contributed by atoms with Crippen LogP contribution in [0.4, 0.5) is 0 Å². The standard InChI is InChI=1S/C18H20N4O3/c1-12-9-22(10-14(12)17(19)23)18(24)15-7-21-16(8-20-15)25-11-13-5-3-2-4-6-13/h2-8,12,14H,9-11H2,1H3,(H2,19,23)/t12-,14-/m1/s1. The van der Waals surface area contributed by atoms with Gasteiger partial charge in [0.25, 0.3) is 5.91 Å². The molecule has 1 aliphatic rings. The third-order valence-electron chi connectivity index (χ3n) is 4.34. The molecule has 7 nitrogen and oxygen atoms in total. The zero-order valence-corrected chi connectivity index (χ0v) is 14.0. The second-order valence-electron chi connectivity index (χ2n) is 6.21. The van der Waals surface area contributed by atoms with E-state index in [1.54, 1.807) is 4.90 Å². The van der Waals surface area contributed by atoms with Gasteiger partial charge in [0.1, 0.15) is 12.3 Å². The number of benzene rings is 1. The van der Waals surface area contributed by atoms with Gasteiger partial charge >= 0.3 is 0 Å². The molecule has 0 unspecified atom stereocenters. The summed E-state index contributed by atoms with van der Waals surface area (Å²) in [4.78, 5) is 33.7. The monoisotopic (exact) mass is 340 g/mol. The largest absolute Gasteiger partial charge is 0.472 e. The zero-order valence-electron chi connectivity index (χ0n) is 14.0. The highest BCUT2D eigenvalue weighted by Gasteiger charge is 2.36. The second kappa shape index (κ2) is 7.29. The Hall–Kier alpha value is -2.96. The maximum atomic E-state index is 12.5. The van der Waals surface area contributed by atoms with Crippen LogP contribution in [-0.4, -0.2) is 39.8 Å². The van der Waals surface area contributed by atoms with Gasteiger partial charge in [-0.25, -0.2) is 9.97 Å². The fourth-order valence-corrected chi connectivity index (χ4v) is 2.90. The van der Waals surface area contributed by atoms with Crippen molar-refractivity contribution >= 4 is 11.8 Å². The Morgan fingerprint density at radius 3 is 2.56 bits per heavy atom. The number of aromatic nitrogens is 2. The van der Waals surface area contributed by atoms with Crippen LogP contribution in [0.25, 0.3) is 0 Å². The van der Waals surface area contributed by atoms with Crippen molar-refractivity contribution in [1.29, 1.82) is 0 Å². The van der Waals surface area contributed by atoms with Crippen LogP contribution in [0.1, 0.15) is 23.0 Å². The molecule has 0 spiro atoms. The molecule has 0 saturated carbocycles. The Morgan fingerprint density at radius 2 is 1.96 bits per heavy atom. The van der Waals surface area contributed by atoms with Gasteiger partial charge in [0, 0.05) is 13.1 Å². The van der Waals surface area contributed by atoms with E-state index in [1.165, 1.54) is 12.4 Å². The molecule has 2 amide bonds.